The number of nitrogens with one attached hydrogen (secondary N) is 2. The smallest absolute Gasteiger partial charge is 0.224 e. The van der Waals surface area contributed by atoms with Crippen LogP contribution in [0.25, 0.3) is 0 Å². The van der Waals surface area contributed by atoms with Gasteiger partial charge in [-0.2, -0.15) is 11.8 Å². The van der Waals surface area contributed by atoms with E-state index >= 15 is 0 Å². The summed E-state index contributed by atoms with van der Waals surface area (Å²) >= 11 is 3.84. The Bertz CT molecular complexity index is 581. The van der Waals surface area contributed by atoms with Crippen molar-refractivity contribution in [1.82, 2.24) is 15.5 Å². The second kappa shape index (κ2) is 8.76. The Morgan fingerprint density at radius 1 is 1.46 bits per heavy atom. The summed E-state index contributed by atoms with van der Waals surface area (Å²) in [5, 5.41) is 9.45. The van der Waals surface area contributed by atoms with Gasteiger partial charge in [0.1, 0.15) is 0 Å². The van der Waals surface area contributed by atoms with Crippen LogP contribution in [0.3, 0.4) is 0 Å². The Morgan fingerprint density at radius 3 is 3.17 bits per heavy atom. The van der Waals surface area contributed by atoms with Gasteiger partial charge >= 0.3 is 0 Å². The van der Waals surface area contributed by atoms with Crippen molar-refractivity contribution in [1.29, 1.82) is 0 Å². The van der Waals surface area contributed by atoms with E-state index in [1.165, 1.54) is 29.0 Å². The molecule has 0 radical (unpaired) electrons. The SMILES string of the molecule is CN=C(NCCC(=O)N1CCc2sccc2C1)NCC1CCCS1. The second-order valence-corrected chi connectivity index (χ2v) is 8.61. The van der Waals surface area contributed by atoms with E-state index in [9.17, 15) is 4.79 Å². The summed E-state index contributed by atoms with van der Waals surface area (Å²) in [6.07, 6.45) is 4.11. The molecular weight excluding hydrogens is 340 g/mol. The van der Waals surface area contributed by atoms with Crippen LogP contribution in [0.4, 0.5) is 0 Å². The monoisotopic (exact) mass is 366 g/mol. The molecule has 1 fully saturated rings. The fraction of sp³-hybridized carbons (Fsp3) is 0.647. The summed E-state index contributed by atoms with van der Waals surface area (Å²) in [7, 11) is 1.78. The van der Waals surface area contributed by atoms with Crippen molar-refractivity contribution >= 4 is 35.0 Å². The number of aliphatic imine (C=N–C) groups is 1. The van der Waals surface area contributed by atoms with Crippen molar-refractivity contribution in [2.45, 2.75) is 37.5 Å². The average Bonchev–Trinajstić information content (AvgIpc) is 3.28. The molecule has 3 heterocycles. The molecule has 3 rings (SSSR count). The zero-order chi connectivity index (χ0) is 16.8. The minimum atomic E-state index is 0.223. The summed E-state index contributed by atoms with van der Waals surface area (Å²) in [6.45, 7) is 3.19. The average molecular weight is 367 g/mol. The topological polar surface area (TPSA) is 56.7 Å². The summed E-state index contributed by atoms with van der Waals surface area (Å²) < 4.78 is 0. The molecule has 1 aromatic heterocycles. The number of carbonyl (C=O) groups is 1. The van der Waals surface area contributed by atoms with Crippen molar-refractivity contribution < 1.29 is 4.79 Å². The van der Waals surface area contributed by atoms with E-state index in [4.69, 9.17) is 0 Å². The Hall–Kier alpha value is -1.21. The van der Waals surface area contributed by atoms with Gasteiger partial charge in [-0.25, -0.2) is 0 Å². The van der Waals surface area contributed by atoms with Crippen molar-refractivity contribution in [2.75, 3.05) is 32.4 Å². The van der Waals surface area contributed by atoms with Crippen LogP contribution in [0.1, 0.15) is 29.7 Å². The normalized spacial score (nSPS) is 20.8. The fourth-order valence-electron chi connectivity index (χ4n) is 3.14. The zero-order valence-corrected chi connectivity index (χ0v) is 15.8. The van der Waals surface area contributed by atoms with Crippen molar-refractivity contribution in [3.63, 3.8) is 0 Å². The molecule has 24 heavy (non-hydrogen) atoms. The highest BCUT2D eigenvalue weighted by Gasteiger charge is 2.21. The molecular formula is C17H26N4OS2. The van der Waals surface area contributed by atoms with Gasteiger partial charge in [-0.05, 0) is 42.0 Å². The molecule has 5 nitrogen and oxygen atoms in total. The summed E-state index contributed by atoms with van der Waals surface area (Å²) in [6, 6.07) is 2.14. The largest absolute Gasteiger partial charge is 0.356 e. The lowest BCUT2D eigenvalue weighted by Gasteiger charge is -2.27. The number of hydrogen-bond donors (Lipinski definition) is 2. The van der Waals surface area contributed by atoms with E-state index in [0.717, 1.165) is 32.0 Å². The van der Waals surface area contributed by atoms with Crippen LogP contribution in [0.2, 0.25) is 0 Å². The van der Waals surface area contributed by atoms with Crippen LogP contribution in [0.15, 0.2) is 16.4 Å². The van der Waals surface area contributed by atoms with E-state index in [1.54, 1.807) is 18.4 Å². The first-order chi connectivity index (χ1) is 11.8. The van der Waals surface area contributed by atoms with Gasteiger partial charge in [0.05, 0.1) is 0 Å². The first kappa shape index (κ1) is 17.6. The number of carbonyl (C=O) groups excluding carboxylic acids is 1. The highest BCUT2D eigenvalue weighted by Crippen LogP contribution is 2.25. The standard InChI is InChI=1S/C17H26N4OS2/c1-18-17(20-11-14-3-2-9-23-14)19-7-4-16(22)21-8-5-15-13(12-21)6-10-24-15/h6,10,14H,2-5,7-9,11-12H2,1H3,(H2,18,19,20). The molecule has 0 aromatic carbocycles. The Morgan fingerprint density at radius 2 is 2.38 bits per heavy atom. The van der Waals surface area contributed by atoms with Gasteiger partial charge in [0.25, 0.3) is 0 Å². The Labute approximate surface area is 152 Å². The molecule has 7 heteroatoms. The lowest BCUT2D eigenvalue weighted by molar-refractivity contribution is -0.131. The number of thioether (sulfide) groups is 1. The number of rotatable bonds is 5. The molecule has 1 aromatic rings. The molecule has 1 saturated heterocycles. The van der Waals surface area contributed by atoms with E-state index in [1.807, 2.05) is 16.7 Å². The molecule has 0 bridgehead atoms. The molecule has 132 valence electrons. The lowest BCUT2D eigenvalue weighted by Crippen LogP contribution is -2.42. The summed E-state index contributed by atoms with van der Waals surface area (Å²) in [5.74, 6) is 2.30. The number of hydrogen-bond acceptors (Lipinski definition) is 4. The van der Waals surface area contributed by atoms with Crippen molar-refractivity contribution in [3.8, 4) is 0 Å². The maximum Gasteiger partial charge on any atom is 0.224 e. The van der Waals surface area contributed by atoms with Gasteiger partial charge < -0.3 is 15.5 Å². The number of thiophene rings is 1. The highest BCUT2D eigenvalue weighted by atomic mass is 32.2. The van der Waals surface area contributed by atoms with Gasteiger partial charge in [-0.1, -0.05) is 0 Å². The van der Waals surface area contributed by atoms with Crippen LogP contribution in [-0.4, -0.2) is 54.5 Å². The molecule has 1 atom stereocenters. The van der Waals surface area contributed by atoms with Gasteiger partial charge in [0, 0.05) is 49.8 Å². The highest BCUT2D eigenvalue weighted by molar-refractivity contribution is 8.00. The molecule has 0 aliphatic carbocycles. The van der Waals surface area contributed by atoms with Gasteiger partial charge in [-0.15, -0.1) is 11.3 Å². The Balaban J connectivity index is 1.36. The number of guanidine groups is 1. The predicted octanol–water partition coefficient (Wildman–Crippen LogP) is 2.08. The maximum atomic E-state index is 12.4. The third-order valence-corrected chi connectivity index (χ3v) is 6.96. The quantitative estimate of drug-likeness (QED) is 0.619. The number of nitrogens with zero attached hydrogens (tertiary/aromatic N) is 2. The lowest BCUT2D eigenvalue weighted by atomic mass is 10.1. The van der Waals surface area contributed by atoms with E-state index in [2.05, 4.69) is 27.1 Å². The summed E-state index contributed by atoms with van der Waals surface area (Å²) in [4.78, 5) is 20.0. The number of amides is 1. The third-order valence-electron chi connectivity index (χ3n) is 4.54. The second-order valence-electron chi connectivity index (χ2n) is 6.20. The van der Waals surface area contributed by atoms with Crippen LogP contribution in [-0.2, 0) is 17.8 Å². The maximum absolute atomic E-state index is 12.4. The van der Waals surface area contributed by atoms with Crippen LogP contribution < -0.4 is 10.6 Å². The van der Waals surface area contributed by atoms with Crippen molar-refractivity contribution in [2.24, 2.45) is 4.99 Å². The predicted molar refractivity (Wildman–Crippen MR) is 103 cm³/mol. The molecule has 2 N–H and O–H groups in total. The molecule has 0 saturated carbocycles. The molecule has 2 aliphatic rings. The van der Waals surface area contributed by atoms with Gasteiger partial charge in [0.15, 0.2) is 5.96 Å². The van der Waals surface area contributed by atoms with E-state index < -0.39 is 0 Å². The first-order valence-corrected chi connectivity index (χ1v) is 10.6. The molecule has 2 aliphatic heterocycles. The third kappa shape index (κ3) is 4.66. The minimum absolute atomic E-state index is 0.223. The summed E-state index contributed by atoms with van der Waals surface area (Å²) in [5.41, 5.74) is 1.32. The van der Waals surface area contributed by atoms with Crippen LogP contribution in [0, 0.1) is 0 Å². The molecule has 1 amide bonds. The van der Waals surface area contributed by atoms with E-state index in [0.29, 0.717) is 18.2 Å². The Kier molecular flexibility index (Phi) is 6.43. The molecule has 0 spiro atoms. The minimum Gasteiger partial charge on any atom is -0.356 e. The van der Waals surface area contributed by atoms with Crippen molar-refractivity contribution in [3.05, 3.63) is 21.9 Å². The van der Waals surface area contributed by atoms with Gasteiger partial charge in [-0.3, -0.25) is 9.79 Å². The van der Waals surface area contributed by atoms with Crippen LogP contribution >= 0.6 is 23.1 Å². The molecule has 1 unspecified atom stereocenters. The van der Waals surface area contributed by atoms with Gasteiger partial charge in [0.2, 0.25) is 5.91 Å². The van der Waals surface area contributed by atoms with Crippen LogP contribution in [0.5, 0.6) is 0 Å². The first-order valence-electron chi connectivity index (χ1n) is 8.65. The fourth-order valence-corrected chi connectivity index (χ4v) is 5.23. The van der Waals surface area contributed by atoms with E-state index in [-0.39, 0.29) is 5.91 Å². The number of fused-ring (bicyclic) bond motifs is 1. The zero-order valence-electron chi connectivity index (χ0n) is 14.2.